The Bertz CT molecular complexity index is 874. The Kier molecular flexibility index (Phi) is 4.51. The lowest BCUT2D eigenvalue weighted by atomic mass is 9.98. The number of rotatable bonds is 4. The SMILES string of the molecule is O=C(c1cnco1)N1CCC[C@@H](c2ncc(Cc3ccc(F)cc3)o2)C1. The van der Waals surface area contributed by atoms with Crippen molar-refractivity contribution in [3.63, 3.8) is 0 Å². The lowest BCUT2D eigenvalue weighted by Crippen LogP contribution is -2.39. The lowest BCUT2D eigenvalue weighted by Gasteiger charge is -2.30. The van der Waals surface area contributed by atoms with Gasteiger partial charge in [0.25, 0.3) is 5.91 Å². The minimum Gasteiger partial charge on any atom is -0.445 e. The quantitative estimate of drug-likeness (QED) is 0.717. The molecule has 7 heteroatoms. The van der Waals surface area contributed by atoms with Gasteiger partial charge in [0.2, 0.25) is 5.76 Å². The molecule has 2 aromatic heterocycles. The van der Waals surface area contributed by atoms with Crippen molar-refractivity contribution in [1.29, 1.82) is 0 Å². The average molecular weight is 355 g/mol. The summed E-state index contributed by atoms with van der Waals surface area (Å²) in [5.74, 6) is 1.24. The Morgan fingerprint density at radius 1 is 1.27 bits per heavy atom. The summed E-state index contributed by atoms with van der Waals surface area (Å²) in [6.07, 6.45) is 6.73. The summed E-state index contributed by atoms with van der Waals surface area (Å²) in [4.78, 5) is 22.4. The zero-order valence-corrected chi connectivity index (χ0v) is 14.1. The number of piperidine rings is 1. The van der Waals surface area contributed by atoms with E-state index in [1.807, 2.05) is 0 Å². The zero-order valence-electron chi connectivity index (χ0n) is 14.1. The Balaban J connectivity index is 1.43. The smallest absolute Gasteiger partial charge is 0.291 e. The number of hydrogen-bond donors (Lipinski definition) is 0. The summed E-state index contributed by atoms with van der Waals surface area (Å²) in [6.45, 7) is 1.22. The van der Waals surface area contributed by atoms with Gasteiger partial charge in [-0.15, -0.1) is 0 Å². The Labute approximate surface area is 149 Å². The molecule has 134 valence electrons. The molecule has 6 nitrogen and oxygen atoms in total. The molecular formula is C19H18FN3O3. The van der Waals surface area contributed by atoms with Gasteiger partial charge in [0.05, 0.1) is 18.3 Å². The first-order valence-electron chi connectivity index (χ1n) is 8.56. The number of nitrogens with zero attached hydrogens (tertiary/aromatic N) is 3. The number of carbonyl (C=O) groups is 1. The van der Waals surface area contributed by atoms with Crippen molar-refractivity contribution in [2.24, 2.45) is 0 Å². The highest BCUT2D eigenvalue weighted by molar-refractivity contribution is 5.91. The van der Waals surface area contributed by atoms with E-state index in [0.29, 0.717) is 25.4 Å². The van der Waals surface area contributed by atoms with Crippen LogP contribution in [0.15, 0.2) is 51.9 Å². The number of hydrogen-bond acceptors (Lipinski definition) is 5. The molecule has 0 saturated carbocycles. The molecular weight excluding hydrogens is 337 g/mol. The van der Waals surface area contributed by atoms with Crippen LogP contribution in [-0.2, 0) is 6.42 Å². The summed E-state index contributed by atoms with van der Waals surface area (Å²) in [6, 6.07) is 6.33. The van der Waals surface area contributed by atoms with E-state index in [4.69, 9.17) is 8.83 Å². The lowest BCUT2D eigenvalue weighted by molar-refractivity contribution is 0.0666. The van der Waals surface area contributed by atoms with Crippen LogP contribution >= 0.6 is 0 Å². The van der Waals surface area contributed by atoms with Gasteiger partial charge >= 0.3 is 0 Å². The van der Waals surface area contributed by atoms with Crippen LogP contribution in [-0.4, -0.2) is 33.9 Å². The molecule has 1 amide bonds. The topological polar surface area (TPSA) is 72.4 Å². The highest BCUT2D eigenvalue weighted by Crippen LogP contribution is 2.28. The predicted molar refractivity (Wildman–Crippen MR) is 90.1 cm³/mol. The summed E-state index contributed by atoms with van der Waals surface area (Å²) >= 11 is 0. The fourth-order valence-corrected chi connectivity index (χ4v) is 3.24. The first kappa shape index (κ1) is 16.5. The third kappa shape index (κ3) is 3.51. The molecule has 1 saturated heterocycles. The highest BCUT2D eigenvalue weighted by Gasteiger charge is 2.29. The van der Waals surface area contributed by atoms with Crippen molar-refractivity contribution in [2.75, 3.05) is 13.1 Å². The third-order valence-corrected chi connectivity index (χ3v) is 4.56. The largest absolute Gasteiger partial charge is 0.445 e. The van der Waals surface area contributed by atoms with Gasteiger partial charge in [-0.3, -0.25) is 4.79 Å². The highest BCUT2D eigenvalue weighted by atomic mass is 19.1. The van der Waals surface area contributed by atoms with E-state index in [1.165, 1.54) is 24.7 Å². The Morgan fingerprint density at radius 3 is 2.88 bits per heavy atom. The second-order valence-corrected chi connectivity index (χ2v) is 6.42. The van der Waals surface area contributed by atoms with Crippen molar-refractivity contribution in [3.8, 4) is 0 Å². The van der Waals surface area contributed by atoms with Crippen molar-refractivity contribution < 1.29 is 18.0 Å². The number of amides is 1. The minimum atomic E-state index is -0.259. The van der Waals surface area contributed by atoms with Crippen molar-refractivity contribution in [1.82, 2.24) is 14.9 Å². The fraction of sp³-hybridized carbons (Fsp3) is 0.316. The molecule has 0 radical (unpaired) electrons. The standard InChI is InChI=1S/C19H18FN3O3/c20-15-5-3-13(4-6-15)8-16-9-22-18(26-16)14-2-1-7-23(11-14)19(24)17-10-21-12-25-17/h3-6,9-10,12,14H,1-2,7-8,11H2/t14-/m1/s1. The van der Waals surface area contributed by atoms with Crippen LogP contribution in [0.25, 0.3) is 0 Å². The summed E-state index contributed by atoms with van der Waals surface area (Å²) in [7, 11) is 0. The second kappa shape index (κ2) is 7.11. The van der Waals surface area contributed by atoms with Crippen molar-refractivity contribution in [3.05, 3.63) is 71.8 Å². The van der Waals surface area contributed by atoms with E-state index < -0.39 is 0 Å². The van der Waals surface area contributed by atoms with E-state index in [9.17, 15) is 9.18 Å². The van der Waals surface area contributed by atoms with E-state index in [0.717, 1.165) is 24.2 Å². The van der Waals surface area contributed by atoms with Crippen LogP contribution in [0.1, 0.15) is 46.5 Å². The average Bonchev–Trinajstić information content (AvgIpc) is 3.35. The maximum atomic E-state index is 13.0. The maximum Gasteiger partial charge on any atom is 0.291 e. The zero-order chi connectivity index (χ0) is 17.9. The molecule has 1 aromatic carbocycles. The molecule has 3 heterocycles. The van der Waals surface area contributed by atoms with Crippen LogP contribution in [0.2, 0.25) is 0 Å². The van der Waals surface area contributed by atoms with Gasteiger partial charge in [-0.05, 0) is 30.5 Å². The van der Waals surface area contributed by atoms with E-state index in [2.05, 4.69) is 9.97 Å². The van der Waals surface area contributed by atoms with Crippen LogP contribution in [0.3, 0.4) is 0 Å². The van der Waals surface area contributed by atoms with E-state index in [1.54, 1.807) is 23.2 Å². The monoisotopic (exact) mass is 355 g/mol. The number of aromatic nitrogens is 2. The molecule has 1 aliphatic rings. The molecule has 0 bridgehead atoms. The van der Waals surface area contributed by atoms with Gasteiger partial charge in [-0.1, -0.05) is 12.1 Å². The Morgan fingerprint density at radius 2 is 2.12 bits per heavy atom. The van der Waals surface area contributed by atoms with Crippen LogP contribution in [0.5, 0.6) is 0 Å². The van der Waals surface area contributed by atoms with Gasteiger partial charge in [0.15, 0.2) is 12.3 Å². The van der Waals surface area contributed by atoms with Gasteiger partial charge in [-0.25, -0.2) is 14.4 Å². The predicted octanol–water partition coefficient (Wildman–Crippen LogP) is 3.41. The fourth-order valence-electron chi connectivity index (χ4n) is 3.24. The van der Waals surface area contributed by atoms with Gasteiger partial charge in [-0.2, -0.15) is 0 Å². The van der Waals surface area contributed by atoms with E-state index in [-0.39, 0.29) is 23.4 Å². The van der Waals surface area contributed by atoms with E-state index >= 15 is 0 Å². The summed E-state index contributed by atoms with van der Waals surface area (Å²) in [5, 5.41) is 0. The third-order valence-electron chi connectivity index (χ3n) is 4.56. The molecule has 26 heavy (non-hydrogen) atoms. The first-order valence-corrected chi connectivity index (χ1v) is 8.56. The number of carbonyl (C=O) groups excluding carboxylic acids is 1. The minimum absolute atomic E-state index is 0.0533. The van der Waals surface area contributed by atoms with Crippen LogP contribution in [0.4, 0.5) is 4.39 Å². The molecule has 0 N–H and O–H groups in total. The van der Waals surface area contributed by atoms with Crippen LogP contribution < -0.4 is 0 Å². The van der Waals surface area contributed by atoms with Gasteiger partial charge in [0, 0.05) is 19.5 Å². The number of benzene rings is 1. The van der Waals surface area contributed by atoms with Gasteiger partial charge < -0.3 is 13.7 Å². The Hall–Kier alpha value is -2.96. The van der Waals surface area contributed by atoms with Gasteiger partial charge in [0.1, 0.15) is 11.6 Å². The molecule has 0 spiro atoms. The first-order chi connectivity index (χ1) is 12.7. The van der Waals surface area contributed by atoms with Crippen molar-refractivity contribution in [2.45, 2.75) is 25.2 Å². The molecule has 1 aliphatic heterocycles. The number of oxazole rings is 2. The van der Waals surface area contributed by atoms with Crippen LogP contribution in [0, 0.1) is 5.82 Å². The second-order valence-electron chi connectivity index (χ2n) is 6.42. The summed E-state index contributed by atoms with van der Waals surface area (Å²) in [5.41, 5.74) is 0.958. The normalized spacial score (nSPS) is 17.4. The maximum absolute atomic E-state index is 13.0. The number of likely N-dealkylation sites (tertiary alicyclic amines) is 1. The summed E-state index contributed by atoms with van der Waals surface area (Å²) < 4.78 is 24.0. The molecule has 4 rings (SSSR count). The molecule has 0 aliphatic carbocycles. The van der Waals surface area contributed by atoms with Crippen molar-refractivity contribution >= 4 is 5.91 Å². The molecule has 3 aromatic rings. The molecule has 0 unspecified atom stereocenters. The number of halogens is 1. The molecule has 1 fully saturated rings. The molecule has 1 atom stereocenters.